The number of para-hydroxylation sites is 1. The second kappa shape index (κ2) is 7.09. The van der Waals surface area contributed by atoms with Gasteiger partial charge in [-0.3, -0.25) is 0 Å². The number of esters is 1. The number of benzene rings is 2. The van der Waals surface area contributed by atoms with Crippen LogP contribution in [0, 0.1) is 0 Å². The first-order valence-corrected chi connectivity index (χ1v) is 6.59. The molecule has 2 rings (SSSR count). The van der Waals surface area contributed by atoms with Crippen molar-refractivity contribution in [2.24, 2.45) is 0 Å². The predicted molar refractivity (Wildman–Crippen MR) is 85.7 cm³/mol. The highest BCUT2D eigenvalue weighted by Crippen LogP contribution is 2.12. The molecule has 0 spiro atoms. The van der Waals surface area contributed by atoms with Crippen LogP contribution in [0.25, 0.3) is 0 Å². The van der Waals surface area contributed by atoms with Crippen LogP contribution in [0.15, 0.2) is 54.6 Å². The van der Waals surface area contributed by atoms with Gasteiger partial charge in [-0.1, -0.05) is 18.2 Å². The molecule has 21 heavy (non-hydrogen) atoms. The molecule has 0 aliphatic heterocycles. The maximum Gasteiger partial charge on any atom is 0.338 e. The van der Waals surface area contributed by atoms with Gasteiger partial charge < -0.3 is 15.4 Å². The Morgan fingerprint density at radius 3 is 2.10 bits per heavy atom. The molecule has 0 unspecified atom stereocenters. The lowest BCUT2D eigenvalue weighted by Gasteiger charge is -2.08. The molecule has 0 aliphatic rings. The minimum Gasteiger partial charge on any atom is -0.462 e. The van der Waals surface area contributed by atoms with Gasteiger partial charge in [0.1, 0.15) is 0 Å². The summed E-state index contributed by atoms with van der Waals surface area (Å²) in [4.78, 5) is 23.3. The van der Waals surface area contributed by atoms with Crippen molar-refractivity contribution in [2.75, 3.05) is 17.2 Å². The van der Waals surface area contributed by atoms with Crippen LogP contribution >= 0.6 is 0 Å². The molecule has 2 N–H and O–H groups in total. The number of carbonyl (C=O) groups excluding carboxylic acids is 2. The zero-order chi connectivity index (χ0) is 15.1. The number of hydrogen-bond acceptors (Lipinski definition) is 3. The molecule has 5 heteroatoms. The van der Waals surface area contributed by atoms with E-state index in [1.807, 2.05) is 18.2 Å². The van der Waals surface area contributed by atoms with E-state index in [0.29, 0.717) is 23.5 Å². The minimum atomic E-state index is -0.377. The smallest absolute Gasteiger partial charge is 0.338 e. The van der Waals surface area contributed by atoms with Gasteiger partial charge in [0.25, 0.3) is 0 Å². The summed E-state index contributed by atoms with van der Waals surface area (Å²) >= 11 is 0. The van der Waals surface area contributed by atoms with Gasteiger partial charge in [0.15, 0.2) is 0 Å². The number of nitrogens with one attached hydrogen (secondary N) is 2. The molecule has 0 aliphatic carbocycles. The van der Waals surface area contributed by atoms with E-state index in [9.17, 15) is 9.59 Å². The normalized spacial score (nSPS) is 9.76. The third-order valence-electron chi connectivity index (χ3n) is 2.69. The molecule has 112 valence electrons. The van der Waals surface area contributed by atoms with Crippen LogP contribution in [-0.4, -0.2) is 18.6 Å². The Morgan fingerprint density at radius 2 is 1.52 bits per heavy atom. The number of rotatable bonds is 4. The van der Waals surface area contributed by atoms with Crippen LogP contribution in [0.1, 0.15) is 20.1 Å². The average molecular weight is 288 g/mol. The lowest BCUT2D eigenvalue weighted by atomic mass is 10.2. The molecule has 0 radical (unpaired) electrons. The Morgan fingerprint density at radius 1 is 0.952 bits per heavy atom. The van der Waals surface area contributed by atoms with Crippen LogP contribution in [0.3, 0.4) is 0 Å². The molecule has 0 aromatic heterocycles. The zero-order valence-corrected chi connectivity index (χ0v) is 11.6. The van der Waals surface area contributed by atoms with Gasteiger partial charge in [-0.05, 0) is 43.3 Å². The van der Waals surface area contributed by atoms with Gasteiger partial charge in [0.05, 0.1) is 12.2 Å². The molecule has 0 saturated carbocycles. The summed E-state index contributed by atoms with van der Waals surface area (Å²) in [6.45, 7) is 2.08. The number of carbonyl (C=O) groups is 2. The first-order chi connectivity index (χ1) is 10.2. The monoisotopic (exact) mass is 288 g/mol. The number of urea groups is 1. The highest BCUT2D eigenvalue weighted by atomic mass is 16.5. The van der Waals surface area contributed by atoms with Gasteiger partial charge >= 0.3 is 12.0 Å². The number of anilines is 2. The second-order valence-electron chi connectivity index (χ2n) is 4.24. The van der Waals surface area contributed by atoms with Crippen molar-refractivity contribution in [1.29, 1.82) is 0 Å². The van der Waals surface area contributed by atoms with E-state index in [2.05, 4.69) is 10.6 Å². The highest BCUT2D eigenvalue weighted by molar-refractivity contribution is 6.00. The topological polar surface area (TPSA) is 67.4 Å². The van der Waals surface area contributed by atoms with Crippen molar-refractivity contribution in [3.63, 3.8) is 0 Å². The predicted octanol–water partition coefficient (Wildman–Crippen LogP) is 4.00. The fourth-order valence-corrected chi connectivity index (χ4v) is 1.72. The fraction of sp³-hybridized carbons (Fsp3) is 0.125. The molecule has 0 fully saturated rings. The van der Waals surface area contributed by atoms with Crippen LogP contribution in [-0.2, 0) is 4.74 Å². The summed E-state index contributed by atoms with van der Waals surface area (Å²) in [7, 11) is 0. The van der Waals surface area contributed by atoms with Gasteiger partial charge in [-0.2, -0.15) is 0 Å². The van der Waals surface area contributed by atoms with E-state index in [0.717, 1.165) is 0 Å². The second-order valence-corrected chi connectivity index (χ2v) is 4.24. The third kappa shape index (κ3) is 4.35. The molecular formula is C16H20N2O3. The first kappa shape index (κ1) is 14.6. The molecule has 0 bridgehead atoms. The number of hydrogen-bond donors (Lipinski definition) is 2. The van der Waals surface area contributed by atoms with Gasteiger partial charge in [0, 0.05) is 14.2 Å². The quantitative estimate of drug-likeness (QED) is 0.836. The van der Waals surface area contributed by atoms with Crippen molar-refractivity contribution in [1.82, 2.24) is 0 Å². The van der Waals surface area contributed by atoms with Crippen molar-refractivity contribution >= 4 is 23.4 Å². The van der Waals surface area contributed by atoms with Gasteiger partial charge in [-0.25, -0.2) is 9.59 Å². The summed E-state index contributed by atoms with van der Waals surface area (Å²) in [5.74, 6) is -0.377. The largest absolute Gasteiger partial charge is 0.462 e. The standard InChI is InChI=1S/C16H16N2O3.2H2/c1-2-21-15(19)12-8-10-14(11-9-12)18-16(20)17-13-6-4-3-5-7-13;;/h3-11H,2H2,1H3,(H2,17,18,20);2*1H. The van der Waals surface area contributed by atoms with E-state index in [1.165, 1.54) is 0 Å². The van der Waals surface area contributed by atoms with Crippen LogP contribution in [0.4, 0.5) is 16.2 Å². The van der Waals surface area contributed by atoms with Crippen LogP contribution < -0.4 is 10.6 Å². The van der Waals surface area contributed by atoms with Crippen molar-refractivity contribution in [2.45, 2.75) is 6.92 Å². The fourth-order valence-electron chi connectivity index (χ4n) is 1.72. The Balaban J connectivity index is 0.00000242. The van der Waals surface area contributed by atoms with Crippen molar-refractivity contribution in [3.8, 4) is 0 Å². The molecule has 0 atom stereocenters. The Labute approximate surface area is 125 Å². The van der Waals surface area contributed by atoms with E-state index >= 15 is 0 Å². The zero-order valence-electron chi connectivity index (χ0n) is 11.6. The molecule has 2 amide bonds. The summed E-state index contributed by atoms with van der Waals surface area (Å²) in [6.07, 6.45) is 0. The maximum atomic E-state index is 11.8. The molecule has 2 aromatic carbocycles. The van der Waals surface area contributed by atoms with Crippen LogP contribution in [0.5, 0.6) is 0 Å². The van der Waals surface area contributed by atoms with E-state index < -0.39 is 0 Å². The van der Waals surface area contributed by atoms with Crippen LogP contribution in [0.2, 0.25) is 0 Å². The lowest BCUT2D eigenvalue weighted by molar-refractivity contribution is 0.0526. The minimum absolute atomic E-state index is 0. The van der Waals surface area contributed by atoms with E-state index in [4.69, 9.17) is 4.74 Å². The van der Waals surface area contributed by atoms with E-state index in [-0.39, 0.29) is 14.9 Å². The first-order valence-electron chi connectivity index (χ1n) is 6.59. The SMILES string of the molecule is CCOC(=O)c1ccc(NC(=O)Nc2ccccc2)cc1.[HH].[HH]. The Bertz CT molecular complexity index is 619. The Hall–Kier alpha value is -2.82. The molecule has 0 saturated heterocycles. The highest BCUT2D eigenvalue weighted by Gasteiger charge is 2.07. The van der Waals surface area contributed by atoms with Crippen molar-refractivity contribution < 1.29 is 17.2 Å². The molecule has 0 heterocycles. The summed E-state index contributed by atoms with van der Waals surface area (Å²) in [5.41, 5.74) is 1.75. The molecule has 2 aromatic rings. The summed E-state index contributed by atoms with van der Waals surface area (Å²) < 4.78 is 4.89. The molecule has 5 nitrogen and oxygen atoms in total. The number of ether oxygens (including phenoxy) is 1. The van der Waals surface area contributed by atoms with E-state index in [1.54, 1.807) is 43.3 Å². The maximum absolute atomic E-state index is 11.8. The van der Waals surface area contributed by atoms with Crippen molar-refractivity contribution in [3.05, 3.63) is 60.2 Å². The lowest BCUT2D eigenvalue weighted by Crippen LogP contribution is -2.19. The molecular weight excluding hydrogens is 268 g/mol. The average Bonchev–Trinajstić information content (AvgIpc) is 2.49. The summed E-state index contributed by atoms with van der Waals surface area (Å²) in [5, 5.41) is 5.39. The number of amides is 2. The van der Waals surface area contributed by atoms with Gasteiger partial charge in [0.2, 0.25) is 0 Å². The summed E-state index contributed by atoms with van der Waals surface area (Å²) in [6, 6.07) is 15.3. The third-order valence-corrected chi connectivity index (χ3v) is 2.69. The Kier molecular flexibility index (Phi) is 4.93. The van der Waals surface area contributed by atoms with Gasteiger partial charge in [-0.15, -0.1) is 0 Å².